The molecule has 2 aromatic carbocycles. The molecule has 0 heterocycles. The predicted molar refractivity (Wildman–Crippen MR) is 98.3 cm³/mol. The van der Waals surface area contributed by atoms with Crippen LogP contribution in [0.3, 0.4) is 0 Å². The van der Waals surface area contributed by atoms with Crippen LogP contribution >= 0.6 is 15.9 Å². The van der Waals surface area contributed by atoms with Crippen LogP contribution in [0.1, 0.15) is 24.5 Å². The molecular formula is C19H24BrNO2. The highest BCUT2D eigenvalue weighted by molar-refractivity contribution is 9.10. The molecule has 0 saturated carbocycles. The van der Waals surface area contributed by atoms with E-state index in [1.54, 1.807) is 7.11 Å². The first-order valence-corrected chi connectivity index (χ1v) is 8.77. The number of ether oxygens (including phenoxy) is 2. The quantitative estimate of drug-likeness (QED) is 0.648. The Morgan fingerprint density at radius 3 is 2.57 bits per heavy atom. The molecule has 0 saturated heterocycles. The fraction of sp³-hybridized carbons (Fsp3) is 0.368. The summed E-state index contributed by atoms with van der Waals surface area (Å²) in [6.07, 6.45) is 2.00. The van der Waals surface area contributed by atoms with E-state index in [2.05, 4.69) is 58.5 Å². The van der Waals surface area contributed by atoms with Crippen molar-refractivity contribution in [1.82, 2.24) is 5.32 Å². The van der Waals surface area contributed by atoms with Gasteiger partial charge in [-0.1, -0.05) is 37.3 Å². The molecule has 0 aromatic heterocycles. The normalized spacial score (nSPS) is 10.6. The SMILES string of the molecule is CCCOc1c(Br)cc(CNCCc2ccccc2)cc1OC. The molecule has 0 aliphatic carbocycles. The maximum Gasteiger partial charge on any atom is 0.175 e. The summed E-state index contributed by atoms with van der Waals surface area (Å²) in [6.45, 7) is 4.52. The molecule has 4 heteroatoms. The van der Waals surface area contributed by atoms with Crippen LogP contribution in [0.2, 0.25) is 0 Å². The van der Waals surface area contributed by atoms with Gasteiger partial charge in [0.1, 0.15) is 0 Å². The van der Waals surface area contributed by atoms with Crippen LogP contribution < -0.4 is 14.8 Å². The first-order valence-electron chi connectivity index (χ1n) is 7.98. The van der Waals surface area contributed by atoms with Gasteiger partial charge in [0.05, 0.1) is 18.2 Å². The van der Waals surface area contributed by atoms with Gasteiger partial charge in [0.15, 0.2) is 11.5 Å². The summed E-state index contributed by atoms with van der Waals surface area (Å²) in [7, 11) is 1.67. The van der Waals surface area contributed by atoms with Crippen molar-refractivity contribution in [2.75, 3.05) is 20.3 Å². The number of hydrogen-bond donors (Lipinski definition) is 1. The molecular weight excluding hydrogens is 354 g/mol. The molecule has 0 unspecified atom stereocenters. The summed E-state index contributed by atoms with van der Waals surface area (Å²) in [5.41, 5.74) is 2.52. The van der Waals surface area contributed by atoms with Crippen molar-refractivity contribution in [3.8, 4) is 11.5 Å². The summed E-state index contributed by atoms with van der Waals surface area (Å²) in [5.74, 6) is 1.55. The Morgan fingerprint density at radius 2 is 1.87 bits per heavy atom. The second kappa shape index (κ2) is 9.58. The fourth-order valence-electron chi connectivity index (χ4n) is 2.33. The van der Waals surface area contributed by atoms with Gasteiger partial charge in [0, 0.05) is 6.54 Å². The summed E-state index contributed by atoms with van der Waals surface area (Å²) in [5, 5.41) is 3.47. The summed E-state index contributed by atoms with van der Waals surface area (Å²) < 4.78 is 12.1. The summed E-state index contributed by atoms with van der Waals surface area (Å²) in [6, 6.07) is 14.6. The molecule has 3 nitrogen and oxygen atoms in total. The van der Waals surface area contributed by atoms with E-state index in [1.807, 2.05) is 12.1 Å². The third-order valence-corrected chi connectivity index (χ3v) is 4.09. The van der Waals surface area contributed by atoms with Crippen molar-refractivity contribution < 1.29 is 9.47 Å². The Hall–Kier alpha value is -1.52. The molecule has 0 atom stereocenters. The van der Waals surface area contributed by atoms with Gasteiger partial charge < -0.3 is 14.8 Å². The number of hydrogen-bond acceptors (Lipinski definition) is 3. The Bertz CT molecular complexity index is 602. The van der Waals surface area contributed by atoms with Crippen LogP contribution in [0.5, 0.6) is 11.5 Å². The van der Waals surface area contributed by atoms with E-state index in [9.17, 15) is 0 Å². The van der Waals surface area contributed by atoms with Crippen LogP contribution in [0, 0.1) is 0 Å². The minimum atomic E-state index is 0.684. The van der Waals surface area contributed by atoms with Crippen molar-refractivity contribution in [3.05, 3.63) is 58.1 Å². The number of methoxy groups -OCH3 is 1. The zero-order valence-electron chi connectivity index (χ0n) is 13.8. The van der Waals surface area contributed by atoms with Crippen LogP contribution in [0.4, 0.5) is 0 Å². The van der Waals surface area contributed by atoms with Gasteiger partial charge in [0.2, 0.25) is 0 Å². The third kappa shape index (κ3) is 5.56. The smallest absolute Gasteiger partial charge is 0.175 e. The maximum absolute atomic E-state index is 5.75. The van der Waals surface area contributed by atoms with Gasteiger partial charge in [0.25, 0.3) is 0 Å². The highest BCUT2D eigenvalue weighted by Crippen LogP contribution is 2.36. The Morgan fingerprint density at radius 1 is 1.09 bits per heavy atom. The van der Waals surface area contributed by atoms with Crippen molar-refractivity contribution >= 4 is 15.9 Å². The van der Waals surface area contributed by atoms with Gasteiger partial charge in [-0.3, -0.25) is 0 Å². The fourth-order valence-corrected chi connectivity index (χ4v) is 2.93. The zero-order valence-corrected chi connectivity index (χ0v) is 15.4. The lowest BCUT2D eigenvalue weighted by Crippen LogP contribution is -2.16. The van der Waals surface area contributed by atoms with Crippen molar-refractivity contribution in [2.24, 2.45) is 0 Å². The second-order valence-corrected chi connectivity index (χ2v) is 6.22. The molecule has 0 radical (unpaired) electrons. The molecule has 0 bridgehead atoms. The zero-order chi connectivity index (χ0) is 16.5. The second-order valence-electron chi connectivity index (χ2n) is 5.37. The lowest BCUT2D eigenvalue weighted by Gasteiger charge is -2.14. The van der Waals surface area contributed by atoms with Crippen molar-refractivity contribution in [3.63, 3.8) is 0 Å². The van der Waals surface area contributed by atoms with Gasteiger partial charge in [-0.25, -0.2) is 0 Å². The molecule has 124 valence electrons. The van der Waals surface area contributed by atoms with Gasteiger partial charge in [-0.15, -0.1) is 0 Å². The summed E-state index contributed by atoms with van der Waals surface area (Å²) in [4.78, 5) is 0. The van der Waals surface area contributed by atoms with E-state index in [0.717, 1.165) is 41.9 Å². The topological polar surface area (TPSA) is 30.5 Å². The highest BCUT2D eigenvalue weighted by Gasteiger charge is 2.11. The summed E-state index contributed by atoms with van der Waals surface area (Å²) >= 11 is 3.58. The van der Waals surface area contributed by atoms with E-state index < -0.39 is 0 Å². The Labute approximate surface area is 147 Å². The predicted octanol–water partition coefficient (Wildman–Crippen LogP) is 4.58. The standard InChI is InChI=1S/C19H24BrNO2/c1-3-11-23-19-17(20)12-16(13-18(19)22-2)14-21-10-9-15-7-5-4-6-8-15/h4-8,12-13,21H,3,9-11,14H2,1-2H3. The van der Waals surface area contributed by atoms with E-state index >= 15 is 0 Å². The first-order chi connectivity index (χ1) is 11.2. The van der Waals surface area contributed by atoms with E-state index in [4.69, 9.17) is 9.47 Å². The molecule has 0 amide bonds. The lowest BCUT2D eigenvalue weighted by molar-refractivity contribution is 0.292. The van der Waals surface area contributed by atoms with Gasteiger partial charge in [-0.2, -0.15) is 0 Å². The average Bonchev–Trinajstić information content (AvgIpc) is 2.58. The van der Waals surface area contributed by atoms with E-state index in [1.165, 1.54) is 11.1 Å². The van der Waals surface area contributed by atoms with E-state index in [-0.39, 0.29) is 0 Å². The molecule has 2 rings (SSSR count). The van der Waals surface area contributed by atoms with E-state index in [0.29, 0.717) is 6.61 Å². The van der Waals surface area contributed by atoms with Gasteiger partial charge in [-0.05, 0) is 58.6 Å². The van der Waals surface area contributed by atoms with Crippen LogP contribution in [-0.4, -0.2) is 20.3 Å². The molecule has 0 spiro atoms. The number of rotatable bonds is 9. The molecule has 0 aliphatic rings. The molecule has 0 aliphatic heterocycles. The Balaban J connectivity index is 1.91. The number of benzene rings is 2. The highest BCUT2D eigenvalue weighted by atomic mass is 79.9. The number of nitrogens with one attached hydrogen (secondary N) is 1. The Kier molecular flexibility index (Phi) is 7.43. The minimum absolute atomic E-state index is 0.684. The van der Waals surface area contributed by atoms with Crippen LogP contribution in [-0.2, 0) is 13.0 Å². The molecule has 1 N–H and O–H groups in total. The molecule has 0 fully saturated rings. The lowest BCUT2D eigenvalue weighted by atomic mass is 10.1. The molecule has 23 heavy (non-hydrogen) atoms. The molecule has 2 aromatic rings. The average molecular weight is 378 g/mol. The third-order valence-electron chi connectivity index (χ3n) is 3.50. The number of halogens is 1. The maximum atomic E-state index is 5.75. The van der Waals surface area contributed by atoms with Crippen LogP contribution in [0.15, 0.2) is 46.9 Å². The van der Waals surface area contributed by atoms with Crippen molar-refractivity contribution in [1.29, 1.82) is 0 Å². The monoisotopic (exact) mass is 377 g/mol. The van der Waals surface area contributed by atoms with Crippen LogP contribution in [0.25, 0.3) is 0 Å². The van der Waals surface area contributed by atoms with Crippen molar-refractivity contribution in [2.45, 2.75) is 26.3 Å². The minimum Gasteiger partial charge on any atom is -0.493 e. The van der Waals surface area contributed by atoms with Gasteiger partial charge >= 0.3 is 0 Å². The largest absolute Gasteiger partial charge is 0.493 e. The first kappa shape index (κ1) is 17.8.